The molecule has 0 spiro atoms. The van der Waals surface area contributed by atoms with Gasteiger partial charge in [0.25, 0.3) is 0 Å². The van der Waals surface area contributed by atoms with Crippen LogP contribution in [0, 0.1) is 0 Å². The van der Waals surface area contributed by atoms with Gasteiger partial charge in [0.15, 0.2) is 5.58 Å². The molecule has 4 aromatic rings. The first-order chi connectivity index (χ1) is 12.8. The second kappa shape index (κ2) is 7.31. The first-order valence-electron chi connectivity index (χ1n) is 8.59. The first-order valence-corrected chi connectivity index (χ1v) is 8.59. The lowest BCUT2D eigenvalue weighted by atomic mass is 10.2. The van der Waals surface area contributed by atoms with Crippen LogP contribution in [0.15, 0.2) is 83.3 Å². The van der Waals surface area contributed by atoms with Crippen LogP contribution in [0.2, 0.25) is 0 Å². The Hall–Kier alpha value is -3.27. The third-order valence-corrected chi connectivity index (χ3v) is 4.32. The Bertz CT molecular complexity index is 945. The summed E-state index contributed by atoms with van der Waals surface area (Å²) in [6, 6.07) is 26.3. The summed E-state index contributed by atoms with van der Waals surface area (Å²) in [5, 5.41) is 0. The van der Waals surface area contributed by atoms with Gasteiger partial charge in [-0.25, -0.2) is 4.98 Å². The predicted octanol–water partition coefficient (Wildman–Crippen LogP) is 5.04. The van der Waals surface area contributed by atoms with E-state index >= 15 is 0 Å². The quantitative estimate of drug-likeness (QED) is 0.491. The van der Waals surface area contributed by atoms with Crippen molar-refractivity contribution in [2.45, 2.75) is 13.1 Å². The minimum Gasteiger partial charge on any atom is -0.497 e. The Balaban J connectivity index is 1.64. The molecule has 3 aromatic carbocycles. The zero-order valence-electron chi connectivity index (χ0n) is 14.6. The minimum atomic E-state index is 0.593. The van der Waals surface area contributed by atoms with Crippen LogP contribution in [0.5, 0.6) is 5.75 Å². The monoisotopic (exact) mass is 344 g/mol. The highest BCUT2D eigenvalue weighted by Gasteiger charge is 2.13. The van der Waals surface area contributed by atoms with Crippen molar-refractivity contribution in [3.8, 4) is 5.75 Å². The number of benzene rings is 3. The standard InChI is InChI=1S/C22H20N2O2/c1-25-19-13-11-18(12-14-19)24(15-17-7-3-2-4-8-17)16-22-23-20-9-5-6-10-21(20)26-22/h2-14H,15-16H2,1H3. The van der Waals surface area contributed by atoms with E-state index in [-0.39, 0.29) is 0 Å². The van der Waals surface area contributed by atoms with Crippen molar-refractivity contribution < 1.29 is 9.15 Å². The molecule has 0 saturated carbocycles. The molecule has 130 valence electrons. The van der Waals surface area contributed by atoms with Crippen molar-refractivity contribution in [1.29, 1.82) is 0 Å². The van der Waals surface area contributed by atoms with Crippen LogP contribution in [0.4, 0.5) is 5.69 Å². The fourth-order valence-electron chi connectivity index (χ4n) is 2.99. The van der Waals surface area contributed by atoms with Gasteiger partial charge >= 0.3 is 0 Å². The molecule has 0 atom stereocenters. The van der Waals surface area contributed by atoms with E-state index in [1.165, 1.54) is 5.56 Å². The number of rotatable bonds is 6. The largest absolute Gasteiger partial charge is 0.497 e. The van der Waals surface area contributed by atoms with Gasteiger partial charge in [-0.2, -0.15) is 0 Å². The molecular weight excluding hydrogens is 324 g/mol. The maximum atomic E-state index is 5.93. The van der Waals surface area contributed by atoms with Gasteiger partial charge in [-0.1, -0.05) is 42.5 Å². The van der Waals surface area contributed by atoms with Crippen LogP contribution in [0.25, 0.3) is 11.1 Å². The fraction of sp³-hybridized carbons (Fsp3) is 0.136. The van der Waals surface area contributed by atoms with Crippen LogP contribution < -0.4 is 9.64 Å². The van der Waals surface area contributed by atoms with Crippen molar-refractivity contribution >= 4 is 16.8 Å². The average molecular weight is 344 g/mol. The zero-order chi connectivity index (χ0) is 17.8. The van der Waals surface area contributed by atoms with Crippen molar-refractivity contribution in [2.75, 3.05) is 12.0 Å². The summed E-state index contributed by atoms with van der Waals surface area (Å²) in [7, 11) is 1.68. The highest BCUT2D eigenvalue weighted by Crippen LogP contribution is 2.24. The Morgan fingerprint density at radius 3 is 2.31 bits per heavy atom. The summed E-state index contributed by atoms with van der Waals surface area (Å²) in [5.41, 5.74) is 4.03. The van der Waals surface area contributed by atoms with Crippen LogP contribution in [0.1, 0.15) is 11.5 Å². The van der Waals surface area contributed by atoms with Gasteiger partial charge in [0.05, 0.1) is 13.7 Å². The number of anilines is 1. The molecule has 0 bridgehead atoms. The zero-order valence-corrected chi connectivity index (χ0v) is 14.6. The van der Waals surface area contributed by atoms with Gasteiger partial charge in [0, 0.05) is 12.2 Å². The summed E-state index contributed by atoms with van der Waals surface area (Å²) < 4.78 is 11.2. The number of oxazole rings is 1. The molecule has 0 saturated heterocycles. The molecule has 26 heavy (non-hydrogen) atoms. The summed E-state index contributed by atoms with van der Waals surface area (Å²) in [4.78, 5) is 6.87. The molecule has 0 aliphatic rings. The minimum absolute atomic E-state index is 0.593. The molecule has 0 aliphatic heterocycles. The van der Waals surface area contributed by atoms with E-state index in [2.05, 4.69) is 46.3 Å². The molecule has 0 amide bonds. The van der Waals surface area contributed by atoms with E-state index in [4.69, 9.17) is 9.15 Å². The molecule has 0 aliphatic carbocycles. The maximum Gasteiger partial charge on any atom is 0.215 e. The van der Waals surface area contributed by atoms with Crippen LogP contribution in [0.3, 0.4) is 0 Å². The third-order valence-electron chi connectivity index (χ3n) is 4.32. The number of fused-ring (bicyclic) bond motifs is 1. The van der Waals surface area contributed by atoms with Crippen LogP contribution in [-0.4, -0.2) is 12.1 Å². The topological polar surface area (TPSA) is 38.5 Å². The van der Waals surface area contributed by atoms with Gasteiger partial charge in [0.2, 0.25) is 5.89 Å². The average Bonchev–Trinajstić information content (AvgIpc) is 3.11. The fourth-order valence-corrected chi connectivity index (χ4v) is 2.99. The summed E-state index contributed by atoms with van der Waals surface area (Å²) in [6.45, 7) is 1.36. The number of nitrogens with zero attached hydrogens (tertiary/aromatic N) is 2. The maximum absolute atomic E-state index is 5.93. The van der Waals surface area contributed by atoms with Gasteiger partial charge < -0.3 is 14.1 Å². The molecular formula is C22H20N2O2. The lowest BCUT2D eigenvalue weighted by Crippen LogP contribution is -2.22. The van der Waals surface area contributed by atoms with E-state index in [1.54, 1.807) is 7.11 Å². The molecule has 1 aromatic heterocycles. The Labute approximate surface area is 152 Å². The van der Waals surface area contributed by atoms with E-state index in [0.717, 1.165) is 29.1 Å². The number of aromatic nitrogens is 1. The van der Waals surface area contributed by atoms with Crippen molar-refractivity contribution in [2.24, 2.45) is 0 Å². The third kappa shape index (κ3) is 3.54. The number of para-hydroxylation sites is 2. The Morgan fingerprint density at radius 1 is 0.846 bits per heavy atom. The number of methoxy groups -OCH3 is 1. The molecule has 1 heterocycles. The van der Waals surface area contributed by atoms with E-state index in [0.29, 0.717) is 12.4 Å². The van der Waals surface area contributed by atoms with Gasteiger partial charge in [-0.15, -0.1) is 0 Å². The number of hydrogen-bond donors (Lipinski definition) is 0. The summed E-state index contributed by atoms with van der Waals surface area (Å²) in [5.74, 6) is 1.55. The molecule has 4 heteroatoms. The lowest BCUT2D eigenvalue weighted by Gasteiger charge is -2.23. The molecule has 4 nitrogen and oxygen atoms in total. The van der Waals surface area contributed by atoms with Gasteiger partial charge in [-0.3, -0.25) is 0 Å². The van der Waals surface area contributed by atoms with Crippen molar-refractivity contribution in [3.05, 3.63) is 90.3 Å². The predicted molar refractivity (Wildman–Crippen MR) is 103 cm³/mol. The normalized spacial score (nSPS) is 10.8. The summed E-state index contributed by atoms with van der Waals surface area (Å²) in [6.07, 6.45) is 0. The van der Waals surface area contributed by atoms with E-state index < -0.39 is 0 Å². The van der Waals surface area contributed by atoms with E-state index in [1.807, 2.05) is 42.5 Å². The highest BCUT2D eigenvalue weighted by molar-refractivity contribution is 5.72. The number of hydrogen-bond acceptors (Lipinski definition) is 4. The number of ether oxygens (including phenoxy) is 1. The second-order valence-electron chi connectivity index (χ2n) is 6.12. The van der Waals surface area contributed by atoms with Crippen molar-refractivity contribution in [3.63, 3.8) is 0 Å². The summed E-state index contributed by atoms with van der Waals surface area (Å²) >= 11 is 0. The Kier molecular flexibility index (Phi) is 4.56. The molecule has 4 rings (SSSR count). The Morgan fingerprint density at radius 2 is 1.58 bits per heavy atom. The second-order valence-corrected chi connectivity index (χ2v) is 6.12. The van der Waals surface area contributed by atoms with Crippen LogP contribution in [-0.2, 0) is 13.1 Å². The van der Waals surface area contributed by atoms with Gasteiger partial charge in [-0.05, 0) is 42.0 Å². The molecule has 0 N–H and O–H groups in total. The smallest absolute Gasteiger partial charge is 0.215 e. The molecule has 0 radical (unpaired) electrons. The first kappa shape index (κ1) is 16.2. The highest BCUT2D eigenvalue weighted by atomic mass is 16.5. The van der Waals surface area contributed by atoms with Crippen LogP contribution >= 0.6 is 0 Å². The lowest BCUT2D eigenvalue weighted by molar-refractivity contribution is 0.415. The van der Waals surface area contributed by atoms with E-state index in [9.17, 15) is 0 Å². The molecule has 0 fully saturated rings. The SMILES string of the molecule is COc1ccc(N(Cc2ccccc2)Cc2nc3ccccc3o2)cc1. The molecule has 0 unspecified atom stereocenters. The van der Waals surface area contributed by atoms with Gasteiger partial charge in [0.1, 0.15) is 11.3 Å². The van der Waals surface area contributed by atoms with Crippen molar-refractivity contribution in [1.82, 2.24) is 4.98 Å².